The molecule has 0 unspecified atom stereocenters. The number of halogens is 1. The Hall–Kier alpha value is -1.54. The Morgan fingerprint density at radius 3 is 2.67 bits per heavy atom. The van der Waals surface area contributed by atoms with Gasteiger partial charge < -0.3 is 10.4 Å². The first kappa shape index (κ1) is 23.5. The Bertz CT molecular complexity index is 636. The van der Waals surface area contributed by atoms with Crippen LogP contribution in [0.4, 0.5) is 5.69 Å². The molecule has 0 atom stereocenters. The zero-order valence-electron chi connectivity index (χ0n) is 15.6. The summed E-state index contributed by atoms with van der Waals surface area (Å²) in [5.41, 5.74) is 0.834. The number of para-hydroxylation sites is 1. The quantitative estimate of drug-likeness (QED) is 0.479. The number of rotatable bonds is 9. The summed E-state index contributed by atoms with van der Waals surface area (Å²) in [5.74, 6) is -0.0270. The summed E-state index contributed by atoms with van der Waals surface area (Å²) < 4.78 is 0. The molecule has 2 N–H and O–H groups in total. The fraction of sp³-hybridized carbons (Fsp3) is 0.474. The van der Waals surface area contributed by atoms with Gasteiger partial charge in [-0.15, -0.1) is 30.7 Å². The van der Waals surface area contributed by atoms with Crippen molar-refractivity contribution in [3.63, 3.8) is 0 Å². The van der Waals surface area contributed by atoms with Gasteiger partial charge in [0.15, 0.2) is 0 Å². The molecule has 2 rings (SSSR count). The second-order valence-electron chi connectivity index (χ2n) is 6.46. The number of benzene rings is 1. The first-order valence-corrected chi connectivity index (χ1v) is 9.75. The fourth-order valence-electron chi connectivity index (χ4n) is 3.10. The summed E-state index contributed by atoms with van der Waals surface area (Å²) in [7, 11) is 1.85. The van der Waals surface area contributed by atoms with Gasteiger partial charge in [-0.1, -0.05) is 18.2 Å². The number of thioether (sulfide) groups is 1. The fourth-order valence-corrected chi connectivity index (χ4v) is 3.84. The highest BCUT2D eigenvalue weighted by Gasteiger charge is 2.24. The van der Waals surface area contributed by atoms with Crippen LogP contribution < -0.4 is 5.32 Å². The molecule has 0 spiro atoms. The third-order valence-corrected chi connectivity index (χ3v) is 5.52. The number of carbonyl (C=O) groups excluding carboxylic acids is 1. The summed E-state index contributed by atoms with van der Waals surface area (Å²) in [5, 5.41) is 11.9. The molecule has 0 saturated carbocycles. The highest BCUT2D eigenvalue weighted by atomic mass is 35.5. The zero-order valence-corrected chi connectivity index (χ0v) is 17.2. The predicted molar refractivity (Wildman–Crippen MR) is 113 cm³/mol. The van der Waals surface area contributed by atoms with Crippen LogP contribution >= 0.6 is 24.2 Å². The summed E-state index contributed by atoms with van der Waals surface area (Å²) in [6, 6.07) is 8.04. The molecular weight excluding hydrogens is 386 g/mol. The predicted octanol–water partition coefficient (Wildman–Crippen LogP) is 2.81. The van der Waals surface area contributed by atoms with Crippen molar-refractivity contribution in [3.05, 3.63) is 36.9 Å². The molecular formula is C19H28ClN3O3S. The van der Waals surface area contributed by atoms with Crippen LogP contribution in [0.25, 0.3) is 0 Å². The number of piperidine rings is 1. The minimum absolute atomic E-state index is 0. The van der Waals surface area contributed by atoms with Gasteiger partial charge >= 0.3 is 5.97 Å². The van der Waals surface area contributed by atoms with Gasteiger partial charge in [-0.05, 0) is 32.0 Å². The van der Waals surface area contributed by atoms with Crippen molar-refractivity contribution >= 4 is 41.7 Å². The molecule has 0 bridgehead atoms. The van der Waals surface area contributed by atoms with E-state index in [1.165, 1.54) is 0 Å². The van der Waals surface area contributed by atoms with Gasteiger partial charge in [0.1, 0.15) is 0 Å². The number of nitrogens with one attached hydrogen (secondary N) is 1. The Labute approximate surface area is 171 Å². The minimum Gasteiger partial charge on any atom is -0.480 e. The normalized spacial score (nSPS) is 15.2. The summed E-state index contributed by atoms with van der Waals surface area (Å²) in [6.45, 7) is 5.74. The van der Waals surface area contributed by atoms with Crippen LogP contribution in [0, 0.1) is 0 Å². The number of carbonyl (C=O) groups is 2. The maximum Gasteiger partial charge on any atom is 0.317 e. The monoisotopic (exact) mass is 413 g/mol. The van der Waals surface area contributed by atoms with Gasteiger partial charge in [0.25, 0.3) is 0 Å². The van der Waals surface area contributed by atoms with Crippen LogP contribution in [0.1, 0.15) is 12.8 Å². The maximum atomic E-state index is 12.4. The number of carboxylic acid groups (broad SMARTS) is 1. The largest absolute Gasteiger partial charge is 0.480 e. The lowest BCUT2D eigenvalue weighted by Gasteiger charge is -2.35. The lowest BCUT2D eigenvalue weighted by molar-refractivity contribution is -0.138. The Balaban J connectivity index is 0.00000364. The Morgan fingerprint density at radius 1 is 1.37 bits per heavy atom. The molecule has 0 aliphatic carbocycles. The molecule has 8 heteroatoms. The number of hydrogen-bond acceptors (Lipinski definition) is 5. The third-order valence-electron chi connectivity index (χ3n) is 4.45. The standard InChI is InChI=1S/C19H27N3O3S.ClH/c1-3-12-26-17-7-5-4-6-16(17)20-18(23)13-22-10-8-15(9-11-22)21(2)14-19(24)25;/h3-7,15H,1,8-14H2,2H3,(H,20,23)(H,24,25);1H. The van der Waals surface area contributed by atoms with Crippen molar-refractivity contribution in [2.45, 2.75) is 23.8 Å². The van der Waals surface area contributed by atoms with Crippen LogP contribution in [0.5, 0.6) is 0 Å². The average molecular weight is 414 g/mol. The first-order chi connectivity index (χ1) is 12.5. The molecule has 1 amide bonds. The minimum atomic E-state index is -0.803. The molecule has 1 aliphatic rings. The van der Waals surface area contributed by atoms with E-state index in [2.05, 4.69) is 16.8 Å². The second kappa shape index (κ2) is 12.0. The van der Waals surface area contributed by atoms with Crippen molar-refractivity contribution in [1.82, 2.24) is 9.80 Å². The van der Waals surface area contributed by atoms with E-state index in [1.54, 1.807) is 11.8 Å². The molecule has 1 aromatic rings. The maximum absolute atomic E-state index is 12.4. The van der Waals surface area contributed by atoms with Crippen LogP contribution in [-0.4, -0.2) is 71.8 Å². The summed E-state index contributed by atoms with van der Waals surface area (Å²) in [4.78, 5) is 28.3. The number of hydrogen-bond donors (Lipinski definition) is 2. The topological polar surface area (TPSA) is 72.9 Å². The smallest absolute Gasteiger partial charge is 0.317 e. The number of nitrogens with zero attached hydrogens (tertiary/aromatic N) is 2. The van der Waals surface area contributed by atoms with Gasteiger partial charge in [0.2, 0.25) is 5.91 Å². The van der Waals surface area contributed by atoms with Crippen molar-refractivity contribution in [2.24, 2.45) is 0 Å². The SMILES string of the molecule is C=CCSc1ccccc1NC(=O)CN1CCC(N(C)CC(=O)O)CC1.Cl. The van der Waals surface area contributed by atoms with Crippen molar-refractivity contribution < 1.29 is 14.7 Å². The first-order valence-electron chi connectivity index (χ1n) is 8.76. The van der Waals surface area contributed by atoms with E-state index in [-0.39, 0.29) is 30.9 Å². The highest BCUT2D eigenvalue weighted by molar-refractivity contribution is 7.99. The van der Waals surface area contributed by atoms with E-state index in [0.717, 1.165) is 42.3 Å². The van der Waals surface area contributed by atoms with E-state index >= 15 is 0 Å². The van der Waals surface area contributed by atoms with Crippen molar-refractivity contribution in [1.29, 1.82) is 0 Å². The number of aliphatic carboxylic acids is 1. The lowest BCUT2D eigenvalue weighted by Crippen LogP contribution is -2.46. The molecule has 0 radical (unpaired) electrons. The number of anilines is 1. The van der Waals surface area contributed by atoms with E-state index in [9.17, 15) is 9.59 Å². The van der Waals surface area contributed by atoms with Gasteiger partial charge in [-0.3, -0.25) is 19.4 Å². The van der Waals surface area contributed by atoms with Crippen molar-refractivity contribution in [2.75, 3.05) is 44.3 Å². The highest BCUT2D eigenvalue weighted by Crippen LogP contribution is 2.27. The summed E-state index contributed by atoms with van der Waals surface area (Å²) in [6.07, 6.45) is 3.60. The molecule has 0 aromatic heterocycles. The van der Waals surface area contributed by atoms with Gasteiger partial charge in [-0.2, -0.15) is 0 Å². The van der Waals surface area contributed by atoms with Crippen LogP contribution in [0.15, 0.2) is 41.8 Å². The van der Waals surface area contributed by atoms with Crippen LogP contribution in [-0.2, 0) is 9.59 Å². The summed E-state index contributed by atoms with van der Waals surface area (Å²) >= 11 is 1.64. The third kappa shape index (κ3) is 7.92. The van der Waals surface area contributed by atoms with E-state index in [4.69, 9.17) is 5.11 Å². The zero-order chi connectivity index (χ0) is 18.9. The molecule has 27 heavy (non-hydrogen) atoms. The Kier molecular flexibility index (Phi) is 10.5. The van der Waals surface area contributed by atoms with E-state index < -0.39 is 5.97 Å². The molecule has 1 fully saturated rings. The molecule has 6 nitrogen and oxygen atoms in total. The molecule has 150 valence electrons. The molecule has 1 aliphatic heterocycles. The van der Waals surface area contributed by atoms with Crippen LogP contribution in [0.2, 0.25) is 0 Å². The van der Waals surface area contributed by atoms with Crippen LogP contribution in [0.3, 0.4) is 0 Å². The number of likely N-dealkylation sites (tertiary alicyclic amines) is 1. The van der Waals surface area contributed by atoms with Crippen molar-refractivity contribution in [3.8, 4) is 0 Å². The molecule has 1 heterocycles. The van der Waals surface area contributed by atoms with E-state index in [0.29, 0.717) is 6.54 Å². The lowest BCUT2D eigenvalue weighted by atomic mass is 10.0. The number of carboxylic acids is 1. The van der Waals surface area contributed by atoms with E-state index in [1.807, 2.05) is 42.3 Å². The van der Waals surface area contributed by atoms with Gasteiger partial charge in [0, 0.05) is 29.8 Å². The average Bonchev–Trinajstić information content (AvgIpc) is 2.61. The Morgan fingerprint density at radius 2 is 2.04 bits per heavy atom. The second-order valence-corrected chi connectivity index (χ2v) is 7.52. The molecule has 1 aromatic carbocycles. The number of amides is 1. The molecule has 1 saturated heterocycles. The van der Waals surface area contributed by atoms with Gasteiger partial charge in [-0.25, -0.2) is 0 Å². The van der Waals surface area contributed by atoms with Gasteiger partial charge in [0.05, 0.1) is 18.8 Å². The number of likely N-dealkylation sites (N-methyl/N-ethyl adjacent to an activating group) is 1.